The number of nitrogens with one attached hydrogen (secondary N) is 3. The van der Waals surface area contributed by atoms with Crippen LogP contribution in [-0.2, 0) is 9.59 Å². The summed E-state index contributed by atoms with van der Waals surface area (Å²) in [6.45, 7) is 10.3. The predicted molar refractivity (Wildman–Crippen MR) is 167 cm³/mol. The number of aromatic nitrogens is 2. The van der Waals surface area contributed by atoms with Crippen molar-refractivity contribution in [1.82, 2.24) is 25.5 Å². The monoisotopic (exact) mass is 599 g/mol. The average Bonchev–Trinajstić information content (AvgIpc) is 3.50. The Balaban J connectivity index is 1.20. The van der Waals surface area contributed by atoms with Crippen LogP contribution in [0.3, 0.4) is 0 Å². The fourth-order valence-electron chi connectivity index (χ4n) is 6.67. The Labute approximate surface area is 254 Å². The summed E-state index contributed by atoms with van der Waals surface area (Å²) in [4.78, 5) is 63.7. The number of carbonyl (C=O) groups excluding carboxylic acids is 4. The maximum Gasteiger partial charge on any atom is 0.268 e. The van der Waals surface area contributed by atoms with E-state index in [9.17, 15) is 19.2 Å². The van der Waals surface area contributed by atoms with Crippen molar-refractivity contribution >= 4 is 56.0 Å². The third-order valence-electron chi connectivity index (χ3n) is 9.10. The highest BCUT2D eigenvalue weighted by Crippen LogP contribution is 2.65. The maximum absolute atomic E-state index is 14.1. The van der Waals surface area contributed by atoms with Gasteiger partial charge in [0.15, 0.2) is 5.01 Å². The number of thiazole rings is 1. The smallest absolute Gasteiger partial charge is 0.268 e. The minimum Gasteiger partial charge on any atom is -0.351 e. The van der Waals surface area contributed by atoms with Crippen LogP contribution in [0.25, 0.3) is 21.1 Å². The van der Waals surface area contributed by atoms with Crippen LogP contribution in [0.2, 0.25) is 0 Å². The molecule has 2 fully saturated rings. The zero-order chi connectivity index (χ0) is 30.6. The average molecular weight is 600 g/mol. The van der Waals surface area contributed by atoms with E-state index >= 15 is 0 Å². The molecule has 1 aliphatic carbocycles. The Morgan fingerprint density at radius 3 is 2.49 bits per heavy atom. The molecule has 5 atom stereocenters. The standard InChI is InChI=1S/C33H37N5O4S/c1-17(2)14-24(36-29(40)23-15-19-10-6-7-11-21(19)35-23)32(42)38-16-20-26(33(20,4)5)27(38)30(41)34-18(3)28(39)31-37-22-12-8-9-13-25(22)43-31/h6-13,15,17-18,20,24,26-27,35H,14,16H2,1-5H3,(H,34,41)(H,36,40)/t18-,20-,24-,26-,27-/m0/s1. The van der Waals surface area contributed by atoms with E-state index in [1.807, 2.05) is 62.4 Å². The second-order valence-electron chi connectivity index (χ2n) is 12.9. The Morgan fingerprint density at radius 1 is 1.05 bits per heavy atom. The van der Waals surface area contributed by atoms with Gasteiger partial charge in [0.05, 0.1) is 16.3 Å². The van der Waals surface area contributed by atoms with Crippen LogP contribution < -0.4 is 10.6 Å². The molecule has 0 unspecified atom stereocenters. The van der Waals surface area contributed by atoms with Gasteiger partial charge in [-0.1, -0.05) is 58.0 Å². The number of fused-ring (bicyclic) bond motifs is 3. The molecule has 3 heterocycles. The first kappa shape index (κ1) is 29.0. The molecule has 224 valence electrons. The Kier molecular flexibility index (Phi) is 7.36. The first-order valence-corrected chi connectivity index (χ1v) is 15.7. The number of ketones is 1. The molecule has 0 bridgehead atoms. The minimum absolute atomic E-state index is 0.0229. The predicted octanol–water partition coefficient (Wildman–Crippen LogP) is 4.79. The molecule has 1 saturated heterocycles. The molecule has 4 aromatic rings. The van der Waals surface area contributed by atoms with Crippen molar-refractivity contribution in [2.45, 2.75) is 59.2 Å². The number of carbonyl (C=O) groups is 4. The second-order valence-corrected chi connectivity index (χ2v) is 13.9. The Hall–Kier alpha value is -4.05. The number of aromatic amines is 1. The van der Waals surface area contributed by atoms with Crippen molar-refractivity contribution in [2.75, 3.05) is 6.54 Å². The fourth-order valence-corrected chi connectivity index (χ4v) is 7.66. The van der Waals surface area contributed by atoms with E-state index in [0.717, 1.165) is 21.1 Å². The third kappa shape index (κ3) is 5.33. The minimum atomic E-state index is -0.806. The summed E-state index contributed by atoms with van der Waals surface area (Å²) in [5.74, 6) is -0.970. The van der Waals surface area contributed by atoms with E-state index in [0.29, 0.717) is 23.7 Å². The highest BCUT2D eigenvalue weighted by molar-refractivity contribution is 7.20. The van der Waals surface area contributed by atoms with Gasteiger partial charge >= 0.3 is 0 Å². The third-order valence-corrected chi connectivity index (χ3v) is 10.2. The number of hydrogen-bond acceptors (Lipinski definition) is 6. The SMILES string of the molecule is CC(C)C[C@H](NC(=O)c1cc2ccccc2[nH]1)C(=O)N1C[C@H]2[C@@H]([C@H]1C(=O)N[C@@H](C)C(=O)c1nc3ccccc3s1)C2(C)C. The molecule has 0 radical (unpaired) electrons. The van der Waals surface area contributed by atoms with Crippen LogP contribution in [0, 0.1) is 23.2 Å². The molecular weight excluding hydrogens is 562 g/mol. The number of piperidine rings is 1. The molecule has 43 heavy (non-hydrogen) atoms. The number of H-pyrrole nitrogens is 1. The van der Waals surface area contributed by atoms with E-state index < -0.39 is 18.1 Å². The van der Waals surface area contributed by atoms with E-state index in [-0.39, 0.29) is 46.7 Å². The van der Waals surface area contributed by atoms with Gasteiger partial charge in [-0.3, -0.25) is 19.2 Å². The van der Waals surface area contributed by atoms with Crippen molar-refractivity contribution in [3.05, 3.63) is 65.3 Å². The molecule has 0 spiro atoms. The normalized spacial score (nSPS) is 21.9. The van der Waals surface area contributed by atoms with Crippen molar-refractivity contribution in [1.29, 1.82) is 0 Å². The van der Waals surface area contributed by atoms with Crippen molar-refractivity contribution in [3.8, 4) is 0 Å². The molecule has 2 aromatic heterocycles. The first-order valence-electron chi connectivity index (χ1n) is 14.8. The van der Waals surface area contributed by atoms with Gasteiger partial charge < -0.3 is 20.5 Å². The molecule has 9 nitrogen and oxygen atoms in total. The number of para-hydroxylation sites is 2. The number of Topliss-reactive ketones (excluding diaryl/α,β-unsaturated/α-hetero) is 1. The molecule has 3 amide bonds. The summed E-state index contributed by atoms with van der Waals surface area (Å²) >= 11 is 1.30. The fraction of sp³-hybridized carbons (Fsp3) is 0.424. The van der Waals surface area contributed by atoms with Gasteiger partial charge in [0, 0.05) is 17.4 Å². The van der Waals surface area contributed by atoms with Gasteiger partial charge in [-0.2, -0.15) is 0 Å². The lowest BCUT2D eigenvalue weighted by Crippen LogP contribution is -2.57. The summed E-state index contributed by atoms with van der Waals surface area (Å²) < 4.78 is 0.908. The van der Waals surface area contributed by atoms with Crippen LogP contribution in [0.15, 0.2) is 54.6 Å². The molecule has 6 rings (SSSR count). The largest absolute Gasteiger partial charge is 0.351 e. The zero-order valence-corrected chi connectivity index (χ0v) is 25.8. The number of hydrogen-bond donors (Lipinski definition) is 3. The van der Waals surface area contributed by atoms with Gasteiger partial charge in [-0.25, -0.2) is 4.98 Å². The number of nitrogens with zero attached hydrogens (tertiary/aromatic N) is 2. The topological polar surface area (TPSA) is 124 Å². The van der Waals surface area contributed by atoms with E-state index in [4.69, 9.17) is 0 Å². The van der Waals surface area contributed by atoms with Crippen LogP contribution in [0.4, 0.5) is 0 Å². The number of likely N-dealkylation sites (tertiary alicyclic amines) is 1. The Morgan fingerprint density at radius 2 is 1.77 bits per heavy atom. The number of amides is 3. The molecule has 1 aliphatic heterocycles. The van der Waals surface area contributed by atoms with Gasteiger partial charge in [-0.15, -0.1) is 11.3 Å². The highest BCUT2D eigenvalue weighted by Gasteiger charge is 2.69. The van der Waals surface area contributed by atoms with Crippen molar-refractivity contribution < 1.29 is 19.2 Å². The molecule has 3 N–H and O–H groups in total. The zero-order valence-electron chi connectivity index (χ0n) is 25.0. The van der Waals surface area contributed by atoms with Crippen LogP contribution in [-0.4, -0.2) is 63.0 Å². The summed E-state index contributed by atoms with van der Waals surface area (Å²) in [6, 6.07) is 14.6. The summed E-state index contributed by atoms with van der Waals surface area (Å²) in [5.41, 5.74) is 1.87. The van der Waals surface area contributed by atoms with Gasteiger partial charge in [-0.05, 0) is 60.8 Å². The van der Waals surface area contributed by atoms with Gasteiger partial charge in [0.2, 0.25) is 17.6 Å². The lowest BCUT2D eigenvalue weighted by Gasteiger charge is -2.34. The summed E-state index contributed by atoms with van der Waals surface area (Å²) in [5, 5.41) is 7.10. The molecule has 2 aliphatic rings. The Bertz CT molecular complexity index is 1670. The van der Waals surface area contributed by atoms with E-state index in [1.165, 1.54) is 11.3 Å². The lowest BCUT2D eigenvalue weighted by molar-refractivity contribution is -0.142. The van der Waals surface area contributed by atoms with Crippen molar-refractivity contribution in [2.24, 2.45) is 23.2 Å². The molecule has 2 aromatic carbocycles. The highest BCUT2D eigenvalue weighted by atomic mass is 32.1. The maximum atomic E-state index is 14.1. The van der Waals surface area contributed by atoms with Gasteiger partial charge in [0.25, 0.3) is 5.91 Å². The number of benzene rings is 2. The number of rotatable bonds is 9. The first-order chi connectivity index (χ1) is 20.5. The van der Waals surface area contributed by atoms with Crippen LogP contribution in [0.5, 0.6) is 0 Å². The van der Waals surface area contributed by atoms with E-state index in [1.54, 1.807) is 17.9 Å². The lowest BCUT2D eigenvalue weighted by atomic mass is 9.97. The van der Waals surface area contributed by atoms with Crippen LogP contribution in [0.1, 0.15) is 61.3 Å². The summed E-state index contributed by atoms with van der Waals surface area (Å²) in [6.07, 6.45) is 0.431. The van der Waals surface area contributed by atoms with E-state index in [2.05, 4.69) is 34.4 Å². The quantitative estimate of drug-likeness (QED) is 0.239. The molecule has 1 saturated carbocycles. The summed E-state index contributed by atoms with van der Waals surface area (Å²) in [7, 11) is 0. The van der Waals surface area contributed by atoms with Crippen molar-refractivity contribution in [3.63, 3.8) is 0 Å². The molecule has 10 heteroatoms. The second kappa shape index (κ2) is 10.9. The van der Waals surface area contributed by atoms with Crippen LogP contribution >= 0.6 is 11.3 Å². The van der Waals surface area contributed by atoms with Gasteiger partial charge in [0.1, 0.15) is 17.8 Å². The molecular formula is C33H37N5O4S.